The highest BCUT2D eigenvalue weighted by Crippen LogP contribution is 2.53. The predicted molar refractivity (Wildman–Crippen MR) is 68.8 cm³/mol. The fraction of sp³-hybridized carbons (Fsp3) is 1.00. The summed E-state index contributed by atoms with van der Waals surface area (Å²) < 4.78 is 154. The van der Waals surface area contributed by atoms with Crippen molar-refractivity contribution in [3.63, 3.8) is 0 Å². The summed E-state index contributed by atoms with van der Waals surface area (Å²) in [7, 11) is 0. The average molecular weight is 444 g/mol. The van der Waals surface area contributed by atoms with Crippen molar-refractivity contribution < 1.29 is 62.9 Å². The standard InChI is InChI=1S/C14H16F12O2/c15-11(16,17)9(27,12(18,19)20)5-7-3-1-2-4-8(7)6-10(28,13(21,22)23)14(24,25)26/h7-8,27-28H,1-6H2/t7-,8-/m1/s1. The molecule has 0 amide bonds. The molecular formula is C14H16F12O2. The summed E-state index contributed by atoms with van der Waals surface area (Å²) in [6.45, 7) is 0. The van der Waals surface area contributed by atoms with Crippen LogP contribution < -0.4 is 0 Å². The molecule has 0 unspecified atom stereocenters. The van der Waals surface area contributed by atoms with Gasteiger partial charge in [-0.25, -0.2) is 0 Å². The molecule has 0 aromatic carbocycles. The molecule has 1 fully saturated rings. The van der Waals surface area contributed by atoms with Crippen molar-refractivity contribution >= 4 is 0 Å². The monoisotopic (exact) mass is 444 g/mol. The van der Waals surface area contributed by atoms with Gasteiger partial charge < -0.3 is 10.2 Å². The molecule has 0 radical (unpaired) electrons. The number of hydrogen-bond donors (Lipinski definition) is 2. The van der Waals surface area contributed by atoms with Crippen molar-refractivity contribution in [2.24, 2.45) is 11.8 Å². The topological polar surface area (TPSA) is 40.5 Å². The number of alkyl halides is 12. The zero-order valence-electron chi connectivity index (χ0n) is 13.8. The Morgan fingerprint density at radius 3 is 0.893 bits per heavy atom. The summed E-state index contributed by atoms with van der Waals surface area (Å²) in [6, 6.07) is 0. The lowest BCUT2D eigenvalue weighted by Gasteiger charge is -2.42. The molecule has 1 aliphatic rings. The molecule has 2 N–H and O–H groups in total. The molecular weight excluding hydrogens is 428 g/mol. The van der Waals surface area contributed by atoms with Crippen LogP contribution in [0.4, 0.5) is 52.7 Å². The Kier molecular flexibility index (Phi) is 6.64. The molecule has 168 valence electrons. The van der Waals surface area contributed by atoms with Crippen molar-refractivity contribution in [3.05, 3.63) is 0 Å². The van der Waals surface area contributed by atoms with Crippen molar-refractivity contribution in [2.45, 2.75) is 74.4 Å². The van der Waals surface area contributed by atoms with Crippen molar-refractivity contribution in [3.8, 4) is 0 Å². The first kappa shape index (κ1) is 25.1. The second kappa shape index (κ2) is 7.40. The Balaban J connectivity index is 3.26. The van der Waals surface area contributed by atoms with E-state index < -0.39 is 73.4 Å². The Bertz CT molecular complexity index is 454. The van der Waals surface area contributed by atoms with Gasteiger partial charge in [0.05, 0.1) is 0 Å². The maximum Gasteiger partial charge on any atom is 0.426 e. The molecule has 1 aliphatic carbocycles. The molecule has 0 bridgehead atoms. The van der Waals surface area contributed by atoms with Crippen LogP contribution in [0, 0.1) is 11.8 Å². The Hall–Kier alpha value is -0.920. The van der Waals surface area contributed by atoms with Gasteiger partial charge in [-0.2, -0.15) is 52.7 Å². The molecule has 2 atom stereocenters. The van der Waals surface area contributed by atoms with Crippen LogP contribution in [-0.4, -0.2) is 46.1 Å². The summed E-state index contributed by atoms with van der Waals surface area (Å²) in [5, 5.41) is 18.4. The third kappa shape index (κ3) is 4.62. The van der Waals surface area contributed by atoms with Crippen molar-refractivity contribution in [2.75, 3.05) is 0 Å². The lowest BCUT2D eigenvalue weighted by molar-refractivity contribution is -0.380. The molecule has 28 heavy (non-hydrogen) atoms. The van der Waals surface area contributed by atoms with Gasteiger partial charge in [-0.15, -0.1) is 0 Å². The SMILES string of the molecule is OC(C[C@H]1CCCC[C@@H]1CC(O)(C(F)(F)F)C(F)(F)F)(C(F)(F)F)C(F)(F)F. The Labute approximate surface area is 150 Å². The lowest BCUT2D eigenvalue weighted by Crippen LogP contribution is -2.60. The average Bonchev–Trinajstić information content (AvgIpc) is 2.44. The van der Waals surface area contributed by atoms with Gasteiger partial charge in [0.2, 0.25) is 0 Å². The normalized spacial score (nSPS) is 23.8. The van der Waals surface area contributed by atoms with Gasteiger partial charge in [-0.3, -0.25) is 0 Å². The summed E-state index contributed by atoms with van der Waals surface area (Å²) in [4.78, 5) is 0. The number of aliphatic hydroxyl groups is 2. The fourth-order valence-corrected chi connectivity index (χ4v) is 3.37. The maximum absolute atomic E-state index is 12.8. The van der Waals surface area contributed by atoms with E-state index in [1.165, 1.54) is 0 Å². The van der Waals surface area contributed by atoms with Crippen LogP contribution in [0.3, 0.4) is 0 Å². The van der Waals surface area contributed by atoms with Crippen LogP contribution in [0.1, 0.15) is 38.5 Å². The Morgan fingerprint density at radius 2 is 0.714 bits per heavy atom. The van der Waals surface area contributed by atoms with Crippen LogP contribution in [0.25, 0.3) is 0 Å². The second-order valence-electron chi connectivity index (χ2n) is 6.92. The predicted octanol–water partition coefficient (Wildman–Crippen LogP) is 5.28. The molecule has 14 heteroatoms. The quantitative estimate of drug-likeness (QED) is 0.579. The van der Waals surface area contributed by atoms with Crippen molar-refractivity contribution in [1.29, 1.82) is 0 Å². The van der Waals surface area contributed by atoms with E-state index in [1.807, 2.05) is 0 Å². The second-order valence-corrected chi connectivity index (χ2v) is 6.92. The van der Waals surface area contributed by atoms with E-state index in [0.717, 1.165) is 0 Å². The highest BCUT2D eigenvalue weighted by atomic mass is 19.4. The molecule has 0 heterocycles. The summed E-state index contributed by atoms with van der Waals surface area (Å²) in [5.74, 6) is -3.95. The first-order valence-corrected chi connectivity index (χ1v) is 7.89. The number of rotatable bonds is 4. The minimum Gasteiger partial charge on any atom is -0.374 e. The third-order valence-electron chi connectivity index (χ3n) is 5.06. The Morgan fingerprint density at radius 1 is 0.500 bits per heavy atom. The third-order valence-corrected chi connectivity index (χ3v) is 5.06. The van der Waals surface area contributed by atoms with Crippen LogP contribution in [0.5, 0.6) is 0 Å². The van der Waals surface area contributed by atoms with Gasteiger partial charge >= 0.3 is 24.7 Å². The molecule has 0 spiro atoms. The molecule has 0 saturated heterocycles. The van der Waals surface area contributed by atoms with Crippen LogP contribution in [0.2, 0.25) is 0 Å². The van der Waals surface area contributed by atoms with Gasteiger partial charge in [-0.05, 0) is 24.7 Å². The van der Waals surface area contributed by atoms with Crippen LogP contribution in [-0.2, 0) is 0 Å². The number of halogens is 12. The first-order valence-electron chi connectivity index (χ1n) is 7.89. The lowest BCUT2D eigenvalue weighted by atomic mass is 9.69. The zero-order chi connectivity index (χ0) is 22.4. The summed E-state index contributed by atoms with van der Waals surface area (Å²) in [6.07, 6.45) is -30.6. The largest absolute Gasteiger partial charge is 0.426 e. The fourth-order valence-electron chi connectivity index (χ4n) is 3.37. The van der Waals surface area contributed by atoms with E-state index in [4.69, 9.17) is 0 Å². The van der Waals surface area contributed by atoms with Gasteiger partial charge in [0.25, 0.3) is 11.2 Å². The highest BCUT2D eigenvalue weighted by Gasteiger charge is 2.73. The molecule has 2 nitrogen and oxygen atoms in total. The van der Waals surface area contributed by atoms with E-state index in [2.05, 4.69) is 0 Å². The minimum atomic E-state index is -6.25. The van der Waals surface area contributed by atoms with Crippen LogP contribution >= 0.6 is 0 Å². The van der Waals surface area contributed by atoms with E-state index in [-0.39, 0.29) is 12.8 Å². The van der Waals surface area contributed by atoms with E-state index >= 15 is 0 Å². The maximum atomic E-state index is 12.8. The van der Waals surface area contributed by atoms with Gasteiger partial charge in [-0.1, -0.05) is 25.7 Å². The van der Waals surface area contributed by atoms with Gasteiger partial charge in [0, 0.05) is 0 Å². The number of hydrogen-bond acceptors (Lipinski definition) is 2. The first-order chi connectivity index (χ1) is 12.2. The minimum absolute atomic E-state index is 0.0522. The van der Waals surface area contributed by atoms with Crippen molar-refractivity contribution in [1.82, 2.24) is 0 Å². The van der Waals surface area contributed by atoms with E-state index in [9.17, 15) is 62.9 Å². The van der Waals surface area contributed by atoms with Gasteiger partial charge in [0.15, 0.2) is 0 Å². The highest BCUT2D eigenvalue weighted by molar-refractivity contribution is 5.00. The molecule has 1 saturated carbocycles. The summed E-state index contributed by atoms with van der Waals surface area (Å²) in [5.41, 5.74) is -10.6. The molecule has 0 aromatic heterocycles. The zero-order valence-corrected chi connectivity index (χ0v) is 13.8. The molecule has 0 aromatic rings. The van der Waals surface area contributed by atoms with E-state index in [1.54, 1.807) is 0 Å². The summed E-state index contributed by atoms with van der Waals surface area (Å²) >= 11 is 0. The smallest absolute Gasteiger partial charge is 0.374 e. The van der Waals surface area contributed by atoms with Crippen LogP contribution in [0.15, 0.2) is 0 Å². The van der Waals surface area contributed by atoms with Gasteiger partial charge in [0.1, 0.15) is 0 Å². The van der Waals surface area contributed by atoms with E-state index in [0.29, 0.717) is 0 Å². The molecule has 1 rings (SSSR count). The molecule has 0 aliphatic heterocycles.